The minimum atomic E-state index is 0. The van der Waals surface area contributed by atoms with E-state index in [1.54, 1.807) is 0 Å². The fraction of sp³-hybridized carbons (Fsp3) is 0.800. The van der Waals surface area contributed by atoms with E-state index in [2.05, 4.69) is 40.8 Å². The van der Waals surface area contributed by atoms with Gasteiger partial charge in [0.1, 0.15) is 0 Å². The molecule has 12 heavy (non-hydrogen) atoms. The summed E-state index contributed by atoms with van der Waals surface area (Å²) in [6, 6.07) is 0. The Hall–Kier alpha value is 0.796. The Balaban J connectivity index is 0. The maximum Gasteiger partial charge on any atom is -1.00 e. The molecule has 0 atom stereocenters. The van der Waals surface area contributed by atoms with Crippen molar-refractivity contribution in [3.63, 3.8) is 0 Å². The van der Waals surface area contributed by atoms with Gasteiger partial charge in [0.25, 0.3) is 0 Å². The number of hydrogen-bond donors (Lipinski definition) is 0. The maximum absolute atomic E-state index is 2.34. The van der Waals surface area contributed by atoms with Gasteiger partial charge < -0.3 is 12.4 Å². The fourth-order valence-electron chi connectivity index (χ4n) is 1.04. The van der Waals surface area contributed by atoms with Crippen LogP contribution in [0.15, 0.2) is 12.2 Å². The Morgan fingerprint density at radius 3 is 2.25 bits per heavy atom. The van der Waals surface area contributed by atoms with Crippen molar-refractivity contribution in [2.24, 2.45) is 0 Å². The number of allylic oxidation sites excluding steroid dienone is 2. The third kappa shape index (κ3) is 13.4. The second kappa shape index (κ2) is 14.3. The number of hydrogen-bond acceptors (Lipinski definition) is 0. The summed E-state index contributed by atoms with van der Waals surface area (Å²) in [5.74, 6) is 0. The predicted octanol–water partition coefficient (Wildman–Crippen LogP) is 0.494. The van der Waals surface area contributed by atoms with E-state index >= 15 is 0 Å². The SMILES string of the molecule is CCCCCC/C=C\C[CH2][Mg+].[Cl-]. The van der Waals surface area contributed by atoms with Crippen molar-refractivity contribution in [3.8, 4) is 0 Å². The molecule has 0 aliphatic carbocycles. The van der Waals surface area contributed by atoms with Crippen LogP contribution in [0.2, 0.25) is 4.55 Å². The summed E-state index contributed by atoms with van der Waals surface area (Å²) >= 11 is 2.05. The second-order valence-electron chi connectivity index (χ2n) is 2.96. The summed E-state index contributed by atoms with van der Waals surface area (Å²) in [5, 5.41) is 0. The third-order valence-electron chi connectivity index (χ3n) is 1.76. The van der Waals surface area contributed by atoms with Crippen molar-refractivity contribution in [2.75, 3.05) is 0 Å². The first kappa shape index (κ1) is 15.3. The van der Waals surface area contributed by atoms with E-state index in [-0.39, 0.29) is 12.4 Å². The molecule has 0 aromatic rings. The van der Waals surface area contributed by atoms with Crippen LogP contribution >= 0.6 is 0 Å². The van der Waals surface area contributed by atoms with Crippen molar-refractivity contribution in [1.82, 2.24) is 0 Å². The Morgan fingerprint density at radius 2 is 1.67 bits per heavy atom. The van der Waals surface area contributed by atoms with Crippen molar-refractivity contribution in [2.45, 2.75) is 50.0 Å². The molecule has 0 aromatic carbocycles. The molecule has 0 rings (SSSR count). The Bertz CT molecular complexity index is 91.8. The molecule has 0 radical (unpaired) electrons. The molecule has 0 nitrogen and oxygen atoms in total. The average Bonchev–Trinajstić information content (AvgIpc) is 2.03. The van der Waals surface area contributed by atoms with Crippen molar-refractivity contribution in [3.05, 3.63) is 12.2 Å². The molecule has 0 saturated heterocycles. The van der Waals surface area contributed by atoms with E-state index in [0.29, 0.717) is 0 Å². The van der Waals surface area contributed by atoms with E-state index < -0.39 is 0 Å². The molecule has 0 aliphatic rings. The summed E-state index contributed by atoms with van der Waals surface area (Å²) in [6.07, 6.45) is 12.8. The van der Waals surface area contributed by atoms with Crippen molar-refractivity contribution < 1.29 is 12.4 Å². The molecule has 0 amide bonds. The first-order valence-corrected chi connectivity index (χ1v) is 5.86. The molecule has 0 aromatic heterocycles. The van der Waals surface area contributed by atoms with Gasteiger partial charge in [-0.2, -0.15) is 0 Å². The van der Waals surface area contributed by atoms with E-state index in [0.717, 1.165) is 0 Å². The van der Waals surface area contributed by atoms with Crippen LogP contribution in [0.5, 0.6) is 0 Å². The van der Waals surface area contributed by atoms with E-state index in [1.165, 1.54) is 43.1 Å². The average molecular weight is 199 g/mol. The molecular weight excluding hydrogens is 180 g/mol. The zero-order valence-corrected chi connectivity index (χ0v) is 10.4. The van der Waals surface area contributed by atoms with Crippen molar-refractivity contribution in [1.29, 1.82) is 0 Å². The summed E-state index contributed by atoms with van der Waals surface area (Å²) in [5.41, 5.74) is 0. The zero-order chi connectivity index (χ0) is 8.36. The van der Waals surface area contributed by atoms with Crippen LogP contribution < -0.4 is 12.4 Å². The van der Waals surface area contributed by atoms with Crippen molar-refractivity contribution >= 4 is 21.7 Å². The molecule has 0 aliphatic heterocycles. The maximum atomic E-state index is 2.34. The van der Waals surface area contributed by atoms with Crippen LogP contribution in [-0.4, -0.2) is 21.7 Å². The molecule has 0 heterocycles. The molecular formula is C10H19ClMg. The van der Waals surface area contributed by atoms with Crippen LogP contribution in [-0.2, 0) is 0 Å². The quantitative estimate of drug-likeness (QED) is 0.318. The molecule has 0 saturated carbocycles. The number of unbranched alkanes of at least 4 members (excludes halogenated alkanes) is 4. The normalized spacial score (nSPS) is 10.2. The minimum absolute atomic E-state index is 0. The zero-order valence-electron chi connectivity index (χ0n) is 8.19. The standard InChI is InChI=1S/C10H19.ClH.Mg/c1-3-5-7-9-10-8-6-4-2;;/h5,7H,1,3-4,6,8-10H2,2H3;1H;/q;;+1/p-1/b7-5-;;. The Kier molecular flexibility index (Phi) is 18.2. The van der Waals surface area contributed by atoms with Gasteiger partial charge in [-0.05, 0) is 0 Å². The van der Waals surface area contributed by atoms with Gasteiger partial charge in [-0.25, -0.2) is 0 Å². The fourth-order valence-corrected chi connectivity index (χ4v) is 1.28. The van der Waals surface area contributed by atoms with Gasteiger partial charge in [0.2, 0.25) is 0 Å². The smallest absolute Gasteiger partial charge is 1.00 e. The van der Waals surface area contributed by atoms with Gasteiger partial charge in [-0.1, -0.05) is 0 Å². The Labute approximate surface area is 96.0 Å². The first-order chi connectivity index (χ1) is 5.41. The van der Waals surface area contributed by atoms with Crippen LogP contribution in [0.3, 0.4) is 0 Å². The molecule has 68 valence electrons. The van der Waals surface area contributed by atoms with Crippen LogP contribution in [0.25, 0.3) is 0 Å². The van der Waals surface area contributed by atoms with E-state index in [9.17, 15) is 0 Å². The summed E-state index contributed by atoms with van der Waals surface area (Å²) < 4.78 is 1.31. The first-order valence-electron chi connectivity index (χ1n) is 4.86. The largest absolute Gasteiger partial charge is 1.00 e. The molecule has 0 spiro atoms. The topological polar surface area (TPSA) is 0 Å². The third-order valence-corrected chi connectivity index (χ3v) is 2.17. The predicted molar refractivity (Wildman–Crippen MR) is 53.1 cm³/mol. The number of rotatable bonds is 7. The molecule has 0 fully saturated rings. The summed E-state index contributed by atoms with van der Waals surface area (Å²) in [7, 11) is 0. The minimum Gasteiger partial charge on any atom is -1.00 e. The molecule has 0 bridgehead atoms. The Morgan fingerprint density at radius 1 is 1.00 bits per heavy atom. The molecule has 0 unspecified atom stereocenters. The van der Waals surface area contributed by atoms with Gasteiger partial charge in [0.05, 0.1) is 0 Å². The monoisotopic (exact) mass is 198 g/mol. The molecule has 2 heteroatoms. The summed E-state index contributed by atoms with van der Waals surface area (Å²) in [4.78, 5) is 0. The van der Waals surface area contributed by atoms with Gasteiger partial charge in [0.15, 0.2) is 0 Å². The van der Waals surface area contributed by atoms with Crippen LogP contribution in [0.4, 0.5) is 0 Å². The second-order valence-corrected chi connectivity index (χ2v) is 3.67. The van der Waals surface area contributed by atoms with E-state index in [4.69, 9.17) is 0 Å². The van der Waals surface area contributed by atoms with Crippen LogP contribution in [0, 0.1) is 0 Å². The molecule has 0 N–H and O–H groups in total. The van der Waals surface area contributed by atoms with Crippen LogP contribution in [0.1, 0.15) is 45.4 Å². The van der Waals surface area contributed by atoms with E-state index in [1.807, 2.05) is 0 Å². The number of halogens is 1. The van der Waals surface area contributed by atoms with Gasteiger partial charge >= 0.3 is 83.9 Å². The summed E-state index contributed by atoms with van der Waals surface area (Å²) in [6.45, 7) is 2.26. The van der Waals surface area contributed by atoms with Gasteiger partial charge in [0, 0.05) is 0 Å². The van der Waals surface area contributed by atoms with Gasteiger partial charge in [-0.3, -0.25) is 0 Å². The van der Waals surface area contributed by atoms with Gasteiger partial charge in [-0.15, -0.1) is 0 Å².